The van der Waals surface area contributed by atoms with Crippen LogP contribution in [0, 0.1) is 0 Å². The highest BCUT2D eigenvalue weighted by atomic mass is 16.2. The van der Waals surface area contributed by atoms with Crippen molar-refractivity contribution < 1.29 is 4.79 Å². The van der Waals surface area contributed by atoms with E-state index in [1.165, 1.54) is 18.4 Å². The van der Waals surface area contributed by atoms with Crippen LogP contribution < -0.4 is 0 Å². The number of likely N-dealkylation sites (tertiary alicyclic amines) is 1. The van der Waals surface area contributed by atoms with E-state index >= 15 is 0 Å². The quantitative estimate of drug-likeness (QED) is 0.765. The number of carbonyl (C=O) groups excluding carboxylic acids is 1. The zero-order valence-corrected chi connectivity index (χ0v) is 10.6. The topological polar surface area (TPSA) is 20.3 Å². The van der Waals surface area contributed by atoms with E-state index in [2.05, 4.69) is 13.0 Å². The third-order valence-electron chi connectivity index (χ3n) is 3.48. The predicted molar refractivity (Wildman–Crippen MR) is 70.2 cm³/mol. The lowest BCUT2D eigenvalue weighted by Gasteiger charge is -2.20. The van der Waals surface area contributed by atoms with Crippen molar-refractivity contribution in [2.24, 2.45) is 0 Å². The van der Waals surface area contributed by atoms with Crippen LogP contribution in [0.1, 0.15) is 48.5 Å². The summed E-state index contributed by atoms with van der Waals surface area (Å²) in [4.78, 5) is 14.4. The number of rotatable bonds is 2. The van der Waals surface area contributed by atoms with Gasteiger partial charge >= 0.3 is 0 Å². The predicted octanol–water partition coefficient (Wildman–Crippen LogP) is 3.27. The van der Waals surface area contributed by atoms with Crippen LogP contribution in [-0.2, 0) is 6.42 Å². The molecule has 0 spiro atoms. The molecule has 0 atom stereocenters. The first-order valence-electron chi connectivity index (χ1n) is 6.69. The van der Waals surface area contributed by atoms with Gasteiger partial charge in [0.05, 0.1) is 0 Å². The Bertz CT molecular complexity index is 378. The number of aryl methyl sites for hydroxylation is 1. The van der Waals surface area contributed by atoms with Gasteiger partial charge in [-0.15, -0.1) is 0 Å². The van der Waals surface area contributed by atoms with E-state index in [1.54, 1.807) is 0 Å². The van der Waals surface area contributed by atoms with Crippen molar-refractivity contribution in [3.63, 3.8) is 0 Å². The third-order valence-corrected chi connectivity index (χ3v) is 3.48. The molecule has 0 aromatic heterocycles. The minimum absolute atomic E-state index is 0.210. The largest absolute Gasteiger partial charge is 0.339 e. The second-order valence-corrected chi connectivity index (χ2v) is 4.76. The second kappa shape index (κ2) is 5.85. The number of amides is 1. The Morgan fingerprint density at radius 3 is 2.53 bits per heavy atom. The molecular formula is C15H21NO. The van der Waals surface area contributed by atoms with Gasteiger partial charge in [0.1, 0.15) is 0 Å². The average Bonchev–Trinajstić information content (AvgIpc) is 2.67. The van der Waals surface area contributed by atoms with Gasteiger partial charge < -0.3 is 4.90 Å². The lowest BCUT2D eigenvalue weighted by Crippen LogP contribution is -2.31. The van der Waals surface area contributed by atoms with Crippen LogP contribution in [-0.4, -0.2) is 23.9 Å². The van der Waals surface area contributed by atoms with Crippen molar-refractivity contribution in [3.05, 3.63) is 35.4 Å². The Balaban J connectivity index is 2.11. The molecule has 0 bridgehead atoms. The number of hydrogen-bond donors (Lipinski definition) is 0. The van der Waals surface area contributed by atoms with Crippen LogP contribution in [0.3, 0.4) is 0 Å². The summed E-state index contributed by atoms with van der Waals surface area (Å²) in [6.45, 7) is 3.97. The Labute approximate surface area is 104 Å². The summed E-state index contributed by atoms with van der Waals surface area (Å²) in [5.74, 6) is 0.210. The standard InChI is InChI=1S/C15H21NO/c1-2-13-8-7-9-14(12-13)15(17)16-10-5-3-4-6-11-16/h7-9,12H,2-6,10-11H2,1H3. The molecule has 0 unspecified atom stereocenters. The van der Waals surface area contributed by atoms with E-state index in [9.17, 15) is 4.79 Å². The minimum atomic E-state index is 0.210. The zero-order valence-electron chi connectivity index (χ0n) is 10.6. The molecule has 1 saturated heterocycles. The molecule has 2 nitrogen and oxygen atoms in total. The summed E-state index contributed by atoms with van der Waals surface area (Å²) in [6, 6.07) is 8.04. The maximum absolute atomic E-state index is 12.3. The molecule has 1 amide bonds. The molecule has 1 aromatic carbocycles. The minimum Gasteiger partial charge on any atom is -0.339 e. The molecule has 1 fully saturated rings. The molecule has 1 heterocycles. The summed E-state index contributed by atoms with van der Waals surface area (Å²) in [6.07, 6.45) is 5.82. The summed E-state index contributed by atoms with van der Waals surface area (Å²) in [7, 11) is 0. The summed E-state index contributed by atoms with van der Waals surface area (Å²) in [5, 5.41) is 0. The molecule has 1 aliphatic heterocycles. The lowest BCUT2D eigenvalue weighted by molar-refractivity contribution is 0.0761. The van der Waals surface area contributed by atoms with E-state index in [1.807, 2.05) is 23.1 Å². The van der Waals surface area contributed by atoms with Gasteiger partial charge in [-0.25, -0.2) is 0 Å². The van der Waals surface area contributed by atoms with Crippen LogP contribution in [0.2, 0.25) is 0 Å². The molecule has 2 heteroatoms. The highest BCUT2D eigenvalue weighted by molar-refractivity contribution is 5.94. The van der Waals surface area contributed by atoms with Crippen LogP contribution >= 0.6 is 0 Å². The van der Waals surface area contributed by atoms with Gasteiger partial charge in [-0.1, -0.05) is 31.9 Å². The van der Waals surface area contributed by atoms with E-state index in [-0.39, 0.29) is 5.91 Å². The monoisotopic (exact) mass is 231 g/mol. The highest BCUT2D eigenvalue weighted by Crippen LogP contribution is 2.14. The molecule has 1 aliphatic rings. The summed E-state index contributed by atoms with van der Waals surface area (Å²) in [5.41, 5.74) is 2.09. The van der Waals surface area contributed by atoms with Crippen LogP contribution in [0.25, 0.3) is 0 Å². The smallest absolute Gasteiger partial charge is 0.253 e. The second-order valence-electron chi connectivity index (χ2n) is 4.76. The fraction of sp³-hybridized carbons (Fsp3) is 0.533. The van der Waals surface area contributed by atoms with Gasteiger partial charge in [0.15, 0.2) is 0 Å². The van der Waals surface area contributed by atoms with Crippen LogP contribution in [0.15, 0.2) is 24.3 Å². The zero-order chi connectivity index (χ0) is 12.1. The Morgan fingerprint density at radius 1 is 1.18 bits per heavy atom. The van der Waals surface area contributed by atoms with Gasteiger partial charge in [-0.05, 0) is 37.0 Å². The Morgan fingerprint density at radius 2 is 1.88 bits per heavy atom. The number of carbonyl (C=O) groups is 1. The van der Waals surface area contributed by atoms with Crippen molar-refractivity contribution in [3.8, 4) is 0 Å². The van der Waals surface area contributed by atoms with Crippen molar-refractivity contribution in [1.29, 1.82) is 0 Å². The van der Waals surface area contributed by atoms with Gasteiger partial charge in [0.25, 0.3) is 5.91 Å². The average molecular weight is 231 g/mol. The van der Waals surface area contributed by atoms with Crippen LogP contribution in [0.4, 0.5) is 0 Å². The molecule has 0 aliphatic carbocycles. The fourth-order valence-electron chi connectivity index (χ4n) is 2.38. The summed E-state index contributed by atoms with van der Waals surface area (Å²) >= 11 is 0. The SMILES string of the molecule is CCc1cccc(C(=O)N2CCCCCC2)c1. The molecule has 0 radical (unpaired) electrons. The van der Waals surface area contributed by atoms with Gasteiger partial charge in [0, 0.05) is 18.7 Å². The maximum atomic E-state index is 12.3. The van der Waals surface area contributed by atoms with Crippen molar-refractivity contribution in [2.45, 2.75) is 39.0 Å². The number of hydrogen-bond acceptors (Lipinski definition) is 1. The van der Waals surface area contributed by atoms with E-state index in [0.717, 1.165) is 37.9 Å². The first-order valence-corrected chi connectivity index (χ1v) is 6.69. The maximum Gasteiger partial charge on any atom is 0.253 e. The van der Waals surface area contributed by atoms with E-state index in [4.69, 9.17) is 0 Å². The van der Waals surface area contributed by atoms with Gasteiger partial charge in [0.2, 0.25) is 0 Å². The molecule has 0 saturated carbocycles. The van der Waals surface area contributed by atoms with Crippen molar-refractivity contribution >= 4 is 5.91 Å². The molecule has 0 N–H and O–H groups in total. The first-order chi connectivity index (χ1) is 8.31. The number of benzene rings is 1. The fourth-order valence-corrected chi connectivity index (χ4v) is 2.38. The van der Waals surface area contributed by atoms with Gasteiger partial charge in [-0.3, -0.25) is 4.79 Å². The van der Waals surface area contributed by atoms with E-state index < -0.39 is 0 Å². The lowest BCUT2D eigenvalue weighted by atomic mass is 10.1. The van der Waals surface area contributed by atoms with E-state index in [0.29, 0.717) is 0 Å². The number of nitrogens with zero attached hydrogens (tertiary/aromatic N) is 1. The Hall–Kier alpha value is -1.31. The van der Waals surface area contributed by atoms with Crippen molar-refractivity contribution in [2.75, 3.05) is 13.1 Å². The molecule has 92 valence electrons. The third kappa shape index (κ3) is 3.09. The Kier molecular flexibility index (Phi) is 4.18. The first kappa shape index (κ1) is 12.2. The van der Waals surface area contributed by atoms with Gasteiger partial charge in [-0.2, -0.15) is 0 Å². The summed E-state index contributed by atoms with van der Waals surface area (Å²) < 4.78 is 0. The van der Waals surface area contributed by atoms with Crippen LogP contribution in [0.5, 0.6) is 0 Å². The highest BCUT2D eigenvalue weighted by Gasteiger charge is 2.16. The van der Waals surface area contributed by atoms with Crippen molar-refractivity contribution in [1.82, 2.24) is 4.90 Å². The molecular weight excluding hydrogens is 210 g/mol. The molecule has 1 aromatic rings. The molecule has 2 rings (SSSR count). The normalized spacial score (nSPS) is 16.6. The molecule has 17 heavy (non-hydrogen) atoms.